The summed E-state index contributed by atoms with van der Waals surface area (Å²) in [7, 11) is 0. The molecule has 0 spiro atoms. The van der Waals surface area contributed by atoms with Crippen molar-refractivity contribution in [1.82, 2.24) is 0 Å². The average Bonchev–Trinajstić information content (AvgIpc) is 2.24. The third-order valence-electron chi connectivity index (χ3n) is 4.02. The van der Waals surface area contributed by atoms with Gasteiger partial charge in [-0.15, -0.1) is 0 Å². The SMILES string of the molecule is CC1(C)CC(Nc2cc(Cl)ccc2C#N)CC(C)(C)C1. The Morgan fingerprint density at radius 2 is 1.80 bits per heavy atom. The molecule has 0 aromatic heterocycles. The van der Waals surface area contributed by atoms with Crippen molar-refractivity contribution < 1.29 is 0 Å². The highest BCUT2D eigenvalue weighted by molar-refractivity contribution is 6.30. The Labute approximate surface area is 127 Å². The summed E-state index contributed by atoms with van der Waals surface area (Å²) in [5, 5.41) is 13.4. The normalized spacial score (nSPS) is 21.2. The van der Waals surface area contributed by atoms with E-state index in [1.807, 2.05) is 6.07 Å². The molecule has 0 bridgehead atoms. The van der Waals surface area contributed by atoms with Crippen LogP contribution in [0.1, 0.15) is 52.5 Å². The van der Waals surface area contributed by atoms with Crippen molar-refractivity contribution in [2.45, 2.75) is 53.0 Å². The smallest absolute Gasteiger partial charge is 0.101 e. The van der Waals surface area contributed by atoms with Crippen LogP contribution in [0.2, 0.25) is 5.02 Å². The molecule has 20 heavy (non-hydrogen) atoms. The van der Waals surface area contributed by atoms with Crippen LogP contribution in [0.4, 0.5) is 5.69 Å². The zero-order valence-corrected chi connectivity index (χ0v) is 13.5. The van der Waals surface area contributed by atoms with Gasteiger partial charge in [-0.1, -0.05) is 39.3 Å². The van der Waals surface area contributed by atoms with E-state index in [9.17, 15) is 5.26 Å². The fraction of sp³-hybridized carbons (Fsp3) is 0.588. The lowest BCUT2D eigenvalue weighted by Crippen LogP contribution is -2.40. The Bertz CT molecular complexity index is 524. The fourth-order valence-corrected chi connectivity index (χ4v) is 4.07. The van der Waals surface area contributed by atoms with Crippen LogP contribution in [-0.2, 0) is 0 Å². The lowest BCUT2D eigenvalue weighted by molar-refractivity contribution is 0.105. The Morgan fingerprint density at radius 3 is 2.35 bits per heavy atom. The summed E-state index contributed by atoms with van der Waals surface area (Å²) < 4.78 is 0. The maximum Gasteiger partial charge on any atom is 0.101 e. The highest BCUT2D eigenvalue weighted by atomic mass is 35.5. The van der Waals surface area contributed by atoms with Crippen molar-refractivity contribution in [3.05, 3.63) is 28.8 Å². The number of nitrogens with zero attached hydrogens (tertiary/aromatic N) is 1. The fourth-order valence-electron chi connectivity index (χ4n) is 3.90. The molecule has 2 rings (SSSR count). The monoisotopic (exact) mass is 290 g/mol. The highest BCUT2D eigenvalue weighted by Gasteiger charge is 2.38. The van der Waals surface area contributed by atoms with Gasteiger partial charge >= 0.3 is 0 Å². The maximum atomic E-state index is 9.21. The molecule has 108 valence electrons. The van der Waals surface area contributed by atoms with Gasteiger partial charge in [0.1, 0.15) is 6.07 Å². The van der Waals surface area contributed by atoms with Gasteiger partial charge in [0.25, 0.3) is 0 Å². The molecule has 1 aliphatic carbocycles. The zero-order valence-electron chi connectivity index (χ0n) is 12.8. The minimum atomic E-state index is 0.324. The minimum Gasteiger partial charge on any atom is -0.381 e. The second-order valence-electron chi connectivity index (χ2n) is 7.56. The third kappa shape index (κ3) is 3.67. The van der Waals surface area contributed by atoms with E-state index < -0.39 is 0 Å². The summed E-state index contributed by atoms with van der Waals surface area (Å²) in [5.41, 5.74) is 2.17. The van der Waals surface area contributed by atoms with Crippen LogP contribution in [0, 0.1) is 22.2 Å². The molecular weight excluding hydrogens is 268 g/mol. The molecule has 1 aliphatic rings. The van der Waals surface area contributed by atoms with Crippen molar-refractivity contribution in [1.29, 1.82) is 5.26 Å². The van der Waals surface area contributed by atoms with Crippen molar-refractivity contribution >= 4 is 17.3 Å². The second kappa shape index (κ2) is 5.30. The molecule has 3 heteroatoms. The number of nitrogens with one attached hydrogen (secondary N) is 1. The Morgan fingerprint density at radius 1 is 1.20 bits per heavy atom. The number of benzene rings is 1. The zero-order chi connectivity index (χ0) is 15.0. The van der Waals surface area contributed by atoms with Crippen molar-refractivity contribution in [2.24, 2.45) is 10.8 Å². The Hall–Kier alpha value is -1.20. The van der Waals surface area contributed by atoms with Gasteiger partial charge < -0.3 is 5.32 Å². The van der Waals surface area contributed by atoms with E-state index in [4.69, 9.17) is 11.6 Å². The molecule has 0 radical (unpaired) electrons. The summed E-state index contributed by atoms with van der Waals surface area (Å²) in [6, 6.07) is 8.02. The summed E-state index contributed by atoms with van der Waals surface area (Å²) in [5.74, 6) is 0. The van der Waals surface area contributed by atoms with Crippen molar-refractivity contribution in [3.63, 3.8) is 0 Å². The molecule has 1 aromatic carbocycles. The third-order valence-corrected chi connectivity index (χ3v) is 4.25. The van der Waals surface area contributed by atoms with Crippen LogP contribution in [0.15, 0.2) is 18.2 Å². The van der Waals surface area contributed by atoms with Gasteiger partial charge in [-0.3, -0.25) is 0 Å². The average molecular weight is 291 g/mol. The Kier molecular flexibility index (Phi) is 4.02. The van der Waals surface area contributed by atoms with Gasteiger partial charge in [0, 0.05) is 11.1 Å². The van der Waals surface area contributed by atoms with Crippen LogP contribution < -0.4 is 5.32 Å². The molecule has 2 nitrogen and oxygen atoms in total. The van der Waals surface area contributed by atoms with E-state index in [0.29, 0.717) is 27.5 Å². The summed E-state index contributed by atoms with van der Waals surface area (Å²) >= 11 is 6.05. The molecule has 1 aromatic rings. The first-order valence-corrected chi connectivity index (χ1v) is 7.55. The van der Waals surface area contributed by atoms with Gasteiger partial charge in [-0.25, -0.2) is 0 Å². The largest absolute Gasteiger partial charge is 0.381 e. The highest BCUT2D eigenvalue weighted by Crippen LogP contribution is 2.46. The van der Waals surface area contributed by atoms with Crippen LogP contribution in [-0.4, -0.2) is 6.04 Å². The number of halogens is 1. The van der Waals surface area contributed by atoms with Gasteiger partial charge in [-0.2, -0.15) is 5.26 Å². The molecular formula is C17H23ClN2. The van der Waals surface area contributed by atoms with E-state index in [-0.39, 0.29) is 0 Å². The molecule has 1 fully saturated rings. The first-order valence-electron chi connectivity index (χ1n) is 7.17. The van der Waals surface area contributed by atoms with Crippen LogP contribution in [0.3, 0.4) is 0 Å². The lowest BCUT2D eigenvalue weighted by Gasteiger charge is -2.45. The standard InChI is InChI=1S/C17H23ClN2/c1-16(2)8-14(9-17(3,4)11-16)20-15-7-13(18)6-5-12(15)10-19/h5-7,14,20H,8-9,11H2,1-4H3. The number of rotatable bonds is 2. The maximum absolute atomic E-state index is 9.21. The molecule has 0 amide bonds. The quantitative estimate of drug-likeness (QED) is 0.809. The number of anilines is 1. The van der Waals surface area contributed by atoms with Crippen LogP contribution in [0.5, 0.6) is 0 Å². The van der Waals surface area contributed by atoms with E-state index in [2.05, 4.69) is 39.1 Å². The van der Waals surface area contributed by atoms with Crippen molar-refractivity contribution in [2.75, 3.05) is 5.32 Å². The Balaban J connectivity index is 2.22. The van der Waals surface area contributed by atoms with E-state index >= 15 is 0 Å². The lowest BCUT2D eigenvalue weighted by atomic mass is 9.63. The van der Waals surface area contributed by atoms with Gasteiger partial charge in [-0.05, 0) is 48.3 Å². The van der Waals surface area contributed by atoms with Crippen LogP contribution in [0.25, 0.3) is 0 Å². The summed E-state index contributed by atoms with van der Waals surface area (Å²) in [6.45, 7) is 9.30. The number of nitriles is 1. The van der Waals surface area contributed by atoms with Gasteiger partial charge in [0.05, 0.1) is 11.3 Å². The molecule has 0 unspecified atom stereocenters. The summed E-state index contributed by atoms with van der Waals surface area (Å²) in [6.07, 6.45) is 3.47. The first kappa shape index (κ1) is 15.2. The molecule has 0 atom stereocenters. The molecule has 0 aliphatic heterocycles. The van der Waals surface area contributed by atoms with Gasteiger partial charge in [0.15, 0.2) is 0 Å². The first-order chi connectivity index (χ1) is 9.21. The van der Waals surface area contributed by atoms with Gasteiger partial charge in [0.2, 0.25) is 0 Å². The minimum absolute atomic E-state index is 0.324. The van der Waals surface area contributed by atoms with E-state index in [0.717, 1.165) is 18.5 Å². The van der Waals surface area contributed by atoms with Crippen molar-refractivity contribution in [3.8, 4) is 6.07 Å². The molecule has 0 heterocycles. The summed E-state index contributed by atoms with van der Waals surface area (Å²) in [4.78, 5) is 0. The molecule has 1 saturated carbocycles. The number of hydrogen-bond donors (Lipinski definition) is 1. The predicted octanol–water partition coefficient (Wildman–Crippen LogP) is 5.23. The van der Waals surface area contributed by atoms with Crippen LogP contribution >= 0.6 is 11.6 Å². The van der Waals surface area contributed by atoms with E-state index in [1.165, 1.54) is 6.42 Å². The van der Waals surface area contributed by atoms with E-state index in [1.54, 1.807) is 12.1 Å². The predicted molar refractivity (Wildman–Crippen MR) is 85.0 cm³/mol. The second-order valence-corrected chi connectivity index (χ2v) is 7.99. The number of hydrogen-bond acceptors (Lipinski definition) is 2. The molecule has 0 saturated heterocycles. The molecule has 1 N–H and O–H groups in total. The topological polar surface area (TPSA) is 35.8 Å².